The van der Waals surface area contributed by atoms with Crippen molar-refractivity contribution < 1.29 is 19.6 Å². The van der Waals surface area contributed by atoms with Crippen LogP contribution in [0.25, 0.3) is 0 Å². The molecule has 0 saturated heterocycles. The molecule has 0 radical (unpaired) electrons. The molecule has 0 aliphatic heterocycles. The summed E-state index contributed by atoms with van der Waals surface area (Å²) in [6, 6.07) is 7.91. The fourth-order valence-corrected chi connectivity index (χ4v) is 2.44. The maximum atomic E-state index is 12.0. The Morgan fingerprint density at radius 3 is 2.29 bits per heavy atom. The van der Waals surface area contributed by atoms with E-state index in [-0.39, 0.29) is 33.4 Å². The van der Waals surface area contributed by atoms with Crippen LogP contribution < -0.4 is 5.32 Å². The van der Waals surface area contributed by atoms with E-state index in [1.165, 1.54) is 36.4 Å². The van der Waals surface area contributed by atoms with Crippen molar-refractivity contribution in [2.75, 3.05) is 5.32 Å². The molecule has 2 aromatic rings. The predicted octanol–water partition coefficient (Wildman–Crippen LogP) is 3.78. The molecule has 0 saturated carbocycles. The number of amides is 1. The largest absolute Gasteiger partial charge is 0.478 e. The van der Waals surface area contributed by atoms with Gasteiger partial charge in [0.2, 0.25) is 5.91 Å². The first-order valence-corrected chi connectivity index (χ1v) is 7.29. The molecule has 0 atom stereocenters. The number of hydrogen-bond acceptors (Lipinski definition) is 4. The van der Waals surface area contributed by atoms with E-state index in [0.29, 0.717) is 5.56 Å². The lowest BCUT2D eigenvalue weighted by Gasteiger charge is -2.09. The Kier molecular flexibility index (Phi) is 5.38. The molecule has 1 amide bonds. The van der Waals surface area contributed by atoms with E-state index in [0.717, 1.165) is 0 Å². The summed E-state index contributed by atoms with van der Waals surface area (Å²) in [4.78, 5) is 33.1. The van der Waals surface area contributed by atoms with E-state index in [2.05, 4.69) is 5.32 Å². The van der Waals surface area contributed by atoms with Crippen molar-refractivity contribution in [3.63, 3.8) is 0 Å². The van der Waals surface area contributed by atoms with Gasteiger partial charge in [-0.1, -0.05) is 35.3 Å². The number of nitrogens with zero attached hydrogens (tertiary/aromatic N) is 1. The number of nitro groups is 1. The van der Waals surface area contributed by atoms with Gasteiger partial charge in [0.25, 0.3) is 5.69 Å². The zero-order valence-corrected chi connectivity index (χ0v) is 13.5. The highest BCUT2D eigenvalue weighted by atomic mass is 35.5. The molecule has 2 aromatic carbocycles. The summed E-state index contributed by atoms with van der Waals surface area (Å²) in [6.07, 6.45) is -0.0562. The second kappa shape index (κ2) is 7.29. The Bertz CT molecular complexity index is 821. The molecule has 2 rings (SSSR count). The van der Waals surface area contributed by atoms with Crippen molar-refractivity contribution in [2.45, 2.75) is 6.42 Å². The maximum absolute atomic E-state index is 12.0. The fraction of sp³-hybridized carbons (Fsp3) is 0.0667. The summed E-state index contributed by atoms with van der Waals surface area (Å²) in [6.45, 7) is 0. The second-order valence-corrected chi connectivity index (χ2v) is 5.58. The molecule has 2 N–H and O–H groups in total. The van der Waals surface area contributed by atoms with Crippen LogP contribution in [0.2, 0.25) is 10.0 Å². The van der Waals surface area contributed by atoms with Gasteiger partial charge in [0.1, 0.15) is 0 Å². The number of non-ortho nitro benzene ring substituents is 1. The first-order valence-electron chi connectivity index (χ1n) is 6.53. The number of anilines is 1. The maximum Gasteiger partial charge on any atom is 0.337 e. The van der Waals surface area contributed by atoms with Crippen molar-refractivity contribution in [3.8, 4) is 0 Å². The summed E-state index contributed by atoms with van der Waals surface area (Å²) in [5.74, 6) is -1.70. The van der Waals surface area contributed by atoms with Crippen LogP contribution >= 0.6 is 23.2 Å². The van der Waals surface area contributed by atoms with Crippen LogP contribution in [0.3, 0.4) is 0 Å². The zero-order valence-electron chi connectivity index (χ0n) is 12.0. The normalized spacial score (nSPS) is 10.2. The highest BCUT2D eigenvalue weighted by molar-refractivity contribution is 6.38. The van der Waals surface area contributed by atoms with Crippen LogP contribution in [0.5, 0.6) is 0 Å². The van der Waals surface area contributed by atoms with Gasteiger partial charge in [0.05, 0.1) is 32.6 Å². The smallest absolute Gasteiger partial charge is 0.337 e. The highest BCUT2D eigenvalue weighted by Crippen LogP contribution is 2.29. The van der Waals surface area contributed by atoms with Gasteiger partial charge in [-0.15, -0.1) is 0 Å². The fourth-order valence-electron chi connectivity index (χ4n) is 1.92. The molecular weight excluding hydrogens is 359 g/mol. The van der Waals surface area contributed by atoms with Crippen molar-refractivity contribution in [2.24, 2.45) is 0 Å². The van der Waals surface area contributed by atoms with Gasteiger partial charge in [0.15, 0.2) is 0 Å². The lowest BCUT2D eigenvalue weighted by molar-refractivity contribution is -0.384. The van der Waals surface area contributed by atoms with Crippen LogP contribution in [0.15, 0.2) is 36.4 Å². The summed E-state index contributed by atoms with van der Waals surface area (Å²) in [5.41, 5.74) is 0.407. The lowest BCUT2D eigenvalue weighted by atomic mass is 10.1. The minimum Gasteiger partial charge on any atom is -0.478 e. The number of halogens is 2. The van der Waals surface area contributed by atoms with Crippen LogP contribution in [0, 0.1) is 10.1 Å². The Hall–Kier alpha value is -2.64. The molecule has 0 aromatic heterocycles. The third-order valence-corrected chi connectivity index (χ3v) is 3.70. The number of hydrogen-bond donors (Lipinski definition) is 2. The topological polar surface area (TPSA) is 110 Å². The number of nitrogens with one attached hydrogen (secondary N) is 1. The lowest BCUT2D eigenvalue weighted by Crippen LogP contribution is -2.15. The van der Waals surface area contributed by atoms with Crippen molar-refractivity contribution in [1.29, 1.82) is 0 Å². The van der Waals surface area contributed by atoms with E-state index >= 15 is 0 Å². The second-order valence-electron chi connectivity index (χ2n) is 4.77. The Balaban J connectivity index is 2.13. The molecule has 0 heterocycles. The molecule has 0 aliphatic carbocycles. The third kappa shape index (κ3) is 4.21. The number of carboxylic acid groups (broad SMARTS) is 1. The summed E-state index contributed by atoms with van der Waals surface area (Å²) in [5, 5.41) is 22.2. The van der Waals surface area contributed by atoms with E-state index in [9.17, 15) is 19.7 Å². The van der Waals surface area contributed by atoms with E-state index in [4.69, 9.17) is 28.3 Å². The number of rotatable bonds is 5. The zero-order chi connectivity index (χ0) is 17.9. The summed E-state index contributed by atoms with van der Waals surface area (Å²) >= 11 is 11.7. The minimum atomic E-state index is -1.25. The average Bonchev–Trinajstić information content (AvgIpc) is 2.50. The van der Waals surface area contributed by atoms with E-state index in [1.807, 2.05) is 0 Å². The highest BCUT2D eigenvalue weighted by Gasteiger charge is 2.15. The quantitative estimate of drug-likeness (QED) is 0.616. The predicted molar refractivity (Wildman–Crippen MR) is 88.9 cm³/mol. The van der Waals surface area contributed by atoms with Crippen LogP contribution in [0.4, 0.5) is 11.4 Å². The van der Waals surface area contributed by atoms with E-state index < -0.39 is 16.8 Å². The Morgan fingerprint density at radius 2 is 1.75 bits per heavy atom. The first-order chi connectivity index (χ1) is 11.3. The molecule has 0 aliphatic rings. The number of nitro benzene ring substituents is 1. The van der Waals surface area contributed by atoms with Gasteiger partial charge in [-0.25, -0.2) is 4.79 Å². The molecule has 0 unspecified atom stereocenters. The summed E-state index contributed by atoms with van der Waals surface area (Å²) in [7, 11) is 0. The molecular formula is C15H10Cl2N2O5. The molecule has 0 spiro atoms. The monoisotopic (exact) mass is 368 g/mol. The number of carboxylic acids is 1. The van der Waals surface area contributed by atoms with Gasteiger partial charge in [-0.3, -0.25) is 14.9 Å². The average molecular weight is 369 g/mol. The molecule has 124 valence electrons. The van der Waals surface area contributed by atoms with Gasteiger partial charge in [-0.2, -0.15) is 0 Å². The number of carbonyl (C=O) groups is 2. The van der Waals surface area contributed by atoms with Crippen molar-refractivity contribution in [3.05, 3.63) is 67.7 Å². The molecule has 0 fully saturated rings. The Morgan fingerprint density at radius 1 is 1.12 bits per heavy atom. The first kappa shape index (κ1) is 17.7. The standard InChI is InChI=1S/C15H10Cl2N2O5/c16-11-7-12(17)13(6-10(11)15(21)22)18-14(20)5-8-1-3-9(4-2-8)19(23)24/h1-4,6-7H,5H2,(H,18,20)(H,21,22). The Labute approximate surface area is 146 Å². The summed E-state index contributed by atoms with van der Waals surface area (Å²) < 4.78 is 0. The van der Waals surface area contributed by atoms with Crippen molar-refractivity contribution >= 4 is 46.5 Å². The number of benzene rings is 2. The van der Waals surface area contributed by atoms with E-state index in [1.54, 1.807) is 0 Å². The van der Waals surface area contributed by atoms with Gasteiger partial charge in [-0.05, 0) is 17.7 Å². The molecule has 0 bridgehead atoms. The molecule has 7 nitrogen and oxygen atoms in total. The van der Waals surface area contributed by atoms with Gasteiger partial charge < -0.3 is 10.4 Å². The SMILES string of the molecule is O=C(Cc1ccc([N+](=O)[O-])cc1)Nc1cc(C(=O)O)c(Cl)cc1Cl. The molecule has 24 heavy (non-hydrogen) atoms. The molecule has 9 heteroatoms. The van der Waals surface area contributed by atoms with Crippen LogP contribution in [-0.2, 0) is 11.2 Å². The minimum absolute atomic E-state index is 0.0409. The van der Waals surface area contributed by atoms with Crippen LogP contribution in [0.1, 0.15) is 15.9 Å². The van der Waals surface area contributed by atoms with Gasteiger partial charge in [0, 0.05) is 12.1 Å². The van der Waals surface area contributed by atoms with Crippen LogP contribution in [-0.4, -0.2) is 21.9 Å². The number of carbonyl (C=O) groups excluding carboxylic acids is 1. The third-order valence-electron chi connectivity index (χ3n) is 3.07. The number of aromatic carboxylic acids is 1. The van der Waals surface area contributed by atoms with Gasteiger partial charge >= 0.3 is 5.97 Å². The van der Waals surface area contributed by atoms with Crippen molar-refractivity contribution in [1.82, 2.24) is 0 Å².